The summed E-state index contributed by atoms with van der Waals surface area (Å²) in [5.41, 5.74) is 0. The van der Waals surface area contributed by atoms with Crippen LogP contribution in [-0.2, 0) is 4.79 Å². The number of nitrogens with zero attached hydrogens (tertiary/aromatic N) is 1. The molecule has 2 N–H and O–H groups in total. The number of hydrogen-bond acceptors (Lipinski definition) is 3. The summed E-state index contributed by atoms with van der Waals surface area (Å²) < 4.78 is 0. The highest BCUT2D eigenvalue weighted by Crippen LogP contribution is 2.37. The Labute approximate surface area is 124 Å². The van der Waals surface area contributed by atoms with Gasteiger partial charge in [-0.2, -0.15) is 0 Å². The van der Waals surface area contributed by atoms with Gasteiger partial charge < -0.3 is 10.4 Å². The zero-order valence-corrected chi connectivity index (χ0v) is 13.2. The first-order valence-corrected chi connectivity index (χ1v) is 8.43. The van der Waals surface area contributed by atoms with E-state index in [9.17, 15) is 14.7 Å². The van der Waals surface area contributed by atoms with Gasteiger partial charge in [-0.15, -0.1) is 11.8 Å². The monoisotopic (exact) mass is 300 g/mol. The van der Waals surface area contributed by atoms with Crippen molar-refractivity contribution in [1.82, 2.24) is 10.2 Å². The third-order valence-corrected chi connectivity index (χ3v) is 5.64. The maximum absolute atomic E-state index is 12.4. The van der Waals surface area contributed by atoms with E-state index in [-0.39, 0.29) is 23.4 Å². The standard InChI is InChI=1S/C14H24N2O3S/c1-4-5-9-6-10(9)15-14(19)16-11(13(17)18)7-20-12(16)8(2)3/h8-12H,4-7H2,1-3H3,(H,15,19)(H,17,18). The Kier molecular flexibility index (Phi) is 4.83. The number of amides is 2. The maximum Gasteiger partial charge on any atom is 0.327 e. The molecule has 6 heteroatoms. The number of urea groups is 1. The van der Waals surface area contributed by atoms with Gasteiger partial charge in [-0.05, 0) is 24.7 Å². The Balaban J connectivity index is 1.99. The lowest BCUT2D eigenvalue weighted by Gasteiger charge is -2.29. The van der Waals surface area contributed by atoms with Crippen LogP contribution >= 0.6 is 11.8 Å². The molecule has 1 heterocycles. The molecule has 4 unspecified atom stereocenters. The van der Waals surface area contributed by atoms with Crippen molar-refractivity contribution in [3.8, 4) is 0 Å². The summed E-state index contributed by atoms with van der Waals surface area (Å²) in [5.74, 6) is 0.409. The van der Waals surface area contributed by atoms with Crippen molar-refractivity contribution in [2.45, 2.75) is 57.5 Å². The summed E-state index contributed by atoms with van der Waals surface area (Å²) >= 11 is 1.57. The molecule has 0 aromatic heterocycles. The van der Waals surface area contributed by atoms with Gasteiger partial charge in [-0.3, -0.25) is 4.90 Å². The van der Waals surface area contributed by atoms with Crippen molar-refractivity contribution in [3.05, 3.63) is 0 Å². The summed E-state index contributed by atoms with van der Waals surface area (Å²) in [5, 5.41) is 12.3. The van der Waals surface area contributed by atoms with Gasteiger partial charge in [0.25, 0.3) is 0 Å². The molecule has 1 aliphatic heterocycles. The average molecular weight is 300 g/mol. The maximum atomic E-state index is 12.4. The molecule has 1 saturated carbocycles. The zero-order valence-electron chi connectivity index (χ0n) is 12.3. The molecule has 2 rings (SSSR count). The highest BCUT2D eigenvalue weighted by Gasteiger charge is 2.45. The molecule has 4 atom stereocenters. The molecule has 0 aromatic carbocycles. The van der Waals surface area contributed by atoms with Crippen LogP contribution in [0.2, 0.25) is 0 Å². The molecule has 1 aliphatic carbocycles. The minimum Gasteiger partial charge on any atom is -0.480 e. The number of hydrogen-bond donors (Lipinski definition) is 2. The smallest absolute Gasteiger partial charge is 0.327 e. The van der Waals surface area contributed by atoms with Gasteiger partial charge in [-0.25, -0.2) is 9.59 Å². The summed E-state index contributed by atoms with van der Waals surface area (Å²) in [7, 11) is 0. The minimum absolute atomic E-state index is 0.0422. The van der Waals surface area contributed by atoms with Crippen LogP contribution in [0.25, 0.3) is 0 Å². The highest BCUT2D eigenvalue weighted by molar-refractivity contribution is 8.00. The summed E-state index contributed by atoms with van der Waals surface area (Å²) in [6.07, 6.45) is 3.29. The minimum atomic E-state index is -0.906. The lowest BCUT2D eigenvalue weighted by Crippen LogP contribution is -2.52. The molecule has 0 spiro atoms. The Morgan fingerprint density at radius 3 is 2.70 bits per heavy atom. The molecule has 0 radical (unpaired) electrons. The highest BCUT2D eigenvalue weighted by atomic mass is 32.2. The molecular formula is C14H24N2O3S. The number of carbonyl (C=O) groups is 2. The fourth-order valence-corrected chi connectivity index (χ4v) is 4.31. The van der Waals surface area contributed by atoms with Crippen molar-refractivity contribution < 1.29 is 14.7 Å². The van der Waals surface area contributed by atoms with Crippen molar-refractivity contribution in [2.24, 2.45) is 11.8 Å². The molecule has 114 valence electrons. The van der Waals surface area contributed by atoms with Crippen molar-refractivity contribution in [2.75, 3.05) is 5.75 Å². The number of thioether (sulfide) groups is 1. The van der Waals surface area contributed by atoms with E-state index in [2.05, 4.69) is 12.2 Å². The summed E-state index contributed by atoms with van der Waals surface area (Å²) in [4.78, 5) is 25.3. The molecule has 2 fully saturated rings. The van der Waals surface area contributed by atoms with Gasteiger partial charge in [0.05, 0.1) is 5.37 Å². The first-order chi connectivity index (χ1) is 9.45. The van der Waals surface area contributed by atoms with E-state index in [1.807, 2.05) is 13.8 Å². The first kappa shape index (κ1) is 15.5. The molecular weight excluding hydrogens is 276 g/mol. The molecule has 20 heavy (non-hydrogen) atoms. The van der Waals surface area contributed by atoms with Crippen LogP contribution in [0.4, 0.5) is 4.79 Å². The first-order valence-electron chi connectivity index (χ1n) is 7.39. The van der Waals surface area contributed by atoms with Crippen molar-refractivity contribution >= 4 is 23.8 Å². The lowest BCUT2D eigenvalue weighted by molar-refractivity contribution is -0.141. The number of carboxylic acids is 1. The fraction of sp³-hybridized carbons (Fsp3) is 0.857. The predicted molar refractivity (Wildman–Crippen MR) is 79.7 cm³/mol. The van der Waals surface area contributed by atoms with E-state index >= 15 is 0 Å². The van der Waals surface area contributed by atoms with Crippen LogP contribution in [-0.4, -0.2) is 45.2 Å². The molecule has 5 nitrogen and oxygen atoms in total. The Morgan fingerprint density at radius 2 is 2.15 bits per heavy atom. The largest absolute Gasteiger partial charge is 0.480 e. The number of rotatable bonds is 5. The van der Waals surface area contributed by atoms with Gasteiger partial charge in [0, 0.05) is 11.8 Å². The van der Waals surface area contributed by atoms with Gasteiger partial charge in [0.15, 0.2) is 0 Å². The van der Waals surface area contributed by atoms with E-state index in [0.717, 1.165) is 19.3 Å². The fourth-order valence-electron chi connectivity index (χ4n) is 2.84. The number of carboxylic acid groups (broad SMARTS) is 1. The predicted octanol–water partition coefficient (Wildman–Crippen LogP) is 2.37. The van der Waals surface area contributed by atoms with Crippen LogP contribution < -0.4 is 5.32 Å². The SMILES string of the molecule is CCCC1CC1NC(=O)N1C(C(=O)O)CSC1C(C)C. The molecule has 2 aliphatic rings. The Bertz CT molecular complexity index is 389. The summed E-state index contributed by atoms with van der Waals surface area (Å²) in [6.45, 7) is 6.20. The second-order valence-electron chi connectivity index (χ2n) is 6.07. The third-order valence-electron chi connectivity index (χ3n) is 4.02. The molecule has 1 saturated heterocycles. The summed E-state index contributed by atoms with van der Waals surface area (Å²) in [6, 6.07) is -0.657. The normalized spacial score (nSPS) is 32.5. The van der Waals surface area contributed by atoms with Crippen LogP contribution in [0.1, 0.15) is 40.0 Å². The topological polar surface area (TPSA) is 69.6 Å². The zero-order chi connectivity index (χ0) is 14.9. The Hall–Kier alpha value is -0.910. The van der Waals surface area contributed by atoms with E-state index in [1.165, 1.54) is 0 Å². The molecule has 0 aromatic rings. The van der Waals surface area contributed by atoms with Gasteiger partial charge >= 0.3 is 12.0 Å². The van der Waals surface area contributed by atoms with Gasteiger partial charge in [0.2, 0.25) is 0 Å². The van der Waals surface area contributed by atoms with E-state index < -0.39 is 12.0 Å². The van der Waals surface area contributed by atoms with Crippen LogP contribution in [0, 0.1) is 11.8 Å². The van der Waals surface area contributed by atoms with Crippen LogP contribution in [0.5, 0.6) is 0 Å². The quantitative estimate of drug-likeness (QED) is 0.818. The van der Waals surface area contributed by atoms with Crippen molar-refractivity contribution in [3.63, 3.8) is 0 Å². The lowest BCUT2D eigenvalue weighted by atomic mass is 10.1. The molecule has 2 amide bonds. The average Bonchev–Trinajstić information content (AvgIpc) is 2.93. The van der Waals surface area contributed by atoms with Crippen LogP contribution in [0.3, 0.4) is 0 Å². The third kappa shape index (κ3) is 3.22. The van der Waals surface area contributed by atoms with Crippen molar-refractivity contribution in [1.29, 1.82) is 0 Å². The van der Waals surface area contributed by atoms with E-state index in [0.29, 0.717) is 11.7 Å². The van der Waals surface area contributed by atoms with Gasteiger partial charge in [0.1, 0.15) is 6.04 Å². The van der Waals surface area contributed by atoms with Gasteiger partial charge in [-0.1, -0.05) is 27.2 Å². The second kappa shape index (κ2) is 6.24. The van der Waals surface area contributed by atoms with E-state index in [4.69, 9.17) is 0 Å². The van der Waals surface area contributed by atoms with Crippen LogP contribution in [0.15, 0.2) is 0 Å². The Morgan fingerprint density at radius 1 is 1.45 bits per heavy atom. The number of nitrogens with one attached hydrogen (secondary N) is 1. The second-order valence-corrected chi connectivity index (χ2v) is 7.22. The van der Waals surface area contributed by atoms with E-state index in [1.54, 1.807) is 16.7 Å². The molecule has 0 bridgehead atoms. The number of carbonyl (C=O) groups excluding carboxylic acids is 1. The number of aliphatic carboxylic acids is 1.